The fourth-order valence-corrected chi connectivity index (χ4v) is 3.91. The Morgan fingerprint density at radius 2 is 1.92 bits per heavy atom. The maximum Gasteiger partial charge on any atom is 0.224 e. The van der Waals surface area contributed by atoms with Crippen LogP contribution in [0.1, 0.15) is 24.8 Å². The highest BCUT2D eigenvalue weighted by Gasteiger charge is 2.22. The summed E-state index contributed by atoms with van der Waals surface area (Å²) in [5.41, 5.74) is 4.62. The van der Waals surface area contributed by atoms with E-state index in [1.165, 1.54) is 17.7 Å². The van der Waals surface area contributed by atoms with Gasteiger partial charge in [-0.15, -0.1) is 0 Å². The molecule has 0 aromatic heterocycles. The number of fused-ring (bicyclic) bond motifs is 1. The van der Waals surface area contributed by atoms with Gasteiger partial charge in [-0.1, -0.05) is 30.3 Å². The Morgan fingerprint density at radius 3 is 2.76 bits per heavy atom. The van der Waals surface area contributed by atoms with Crippen LogP contribution in [0.4, 0.5) is 17.1 Å². The van der Waals surface area contributed by atoms with Crippen molar-refractivity contribution < 1.29 is 4.79 Å². The molecular weight excluding hydrogens is 310 g/mol. The fraction of sp³-hybridized carbons (Fsp3) is 0.381. The Morgan fingerprint density at radius 1 is 1.12 bits per heavy atom. The molecule has 1 amide bonds. The minimum absolute atomic E-state index is 0.117. The third-order valence-electron chi connectivity index (χ3n) is 5.30. The Labute approximate surface area is 149 Å². The molecule has 2 aliphatic rings. The smallest absolute Gasteiger partial charge is 0.224 e. The van der Waals surface area contributed by atoms with E-state index in [1.54, 1.807) is 0 Å². The molecular formula is C21H25N3O. The molecule has 2 aromatic carbocycles. The van der Waals surface area contributed by atoms with Crippen molar-refractivity contribution in [2.75, 3.05) is 29.9 Å². The summed E-state index contributed by atoms with van der Waals surface area (Å²) in [6, 6.07) is 16.6. The van der Waals surface area contributed by atoms with Gasteiger partial charge in [0.15, 0.2) is 0 Å². The standard InChI is InChI=1S/C21H25N3O/c25-21(10-9-16-11-13-22-15-16)23-18-6-2-4-8-20(18)24-14-12-17-5-1-3-7-19(17)24/h1-8,16,22H,9-15H2,(H,23,25). The van der Waals surface area contributed by atoms with E-state index in [1.807, 2.05) is 18.2 Å². The van der Waals surface area contributed by atoms with E-state index >= 15 is 0 Å². The first-order valence-corrected chi connectivity index (χ1v) is 9.26. The summed E-state index contributed by atoms with van der Waals surface area (Å²) in [7, 11) is 0. The van der Waals surface area contributed by atoms with Crippen molar-refractivity contribution in [1.29, 1.82) is 0 Å². The molecule has 1 unspecified atom stereocenters. The predicted octanol–water partition coefficient (Wildman–Crippen LogP) is 3.71. The highest BCUT2D eigenvalue weighted by Crippen LogP contribution is 2.38. The molecule has 4 nitrogen and oxygen atoms in total. The zero-order valence-corrected chi connectivity index (χ0v) is 14.5. The van der Waals surface area contributed by atoms with Crippen LogP contribution in [0.15, 0.2) is 48.5 Å². The molecule has 0 saturated carbocycles. The first-order chi connectivity index (χ1) is 12.3. The van der Waals surface area contributed by atoms with Crippen LogP contribution in [0.25, 0.3) is 0 Å². The van der Waals surface area contributed by atoms with Crippen molar-refractivity contribution in [2.45, 2.75) is 25.7 Å². The molecule has 2 aromatic rings. The van der Waals surface area contributed by atoms with Crippen LogP contribution >= 0.6 is 0 Å². The summed E-state index contributed by atoms with van der Waals surface area (Å²) >= 11 is 0. The van der Waals surface area contributed by atoms with E-state index in [4.69, 9.17) is 0 Å². The summed E-state index contributed by atoms with van der Waals surface area (Å²) in [6.45, 7) is 3.10. The van der Waals surface area contributed by atoms with Crippen LogP contribution in [0.2, 0.25) is 0 Å². The van der Waals surface area contributed by atoms with Gasteiger partial charge in [0.2, 0.25) is 5.91 Å². The normalized spacial score (nSPS) is 19.0. The van der Waals surface area contributed by atoms with Crippen LogP contribution in [0.5, 0.6) is 0 Å². The lowest BCUT2D eigenvalue weighted by Gasteiger charge is -2.23. The lowest BCUT2D eigenvalue weighted by atomic mass is 10.0. The predicted molar refractivity (Wildman–Crippen MR) is 102 cm³/mol. The topological polar surface area (TPSA) is 44.4 Å². The summed E-state index contributed by atoms with van der Waals surface area (Å²) in [5, 5.41) is 6.50. The SMILES string of the molecule is O=C(CCC1CCNC1)Nc1ccccc1N1CCc2ccccc21. The van der Waals surface area contributed by atoms with E-state index < -0.39 is 0 Å². The first-order valence-electron chi connectivity index (χ1n) is 9.26. The van der Waals surface area contributed by atoms with Gasteiger partial charge in [-0.3, -0.25) is 4.79 Å². The number of carbonyl (C=O) groups is 1. The molecule has 1 saturated heterocycles. The number of hydrogen-bond donors (Lipinski definition) is 2. The number of benzene rings is 2. The summed E-state index contributed by atoms with van der Waals surface area (Å²) < 4.78 is 0. The van der Waals surface area contributed by atoms with Gasteiger partial charge in [-0.25, -0.2) is 0 Å². The molecule has 2 aliphatic heterocycles. The second-order valence-corrected chi connectivity index (χ2v) is 6.99. The van der Waals surface area contributed by atoms with Crippen molar-refractivity contribution in [1.82, 2.24) is 5.32 Å². The molecule has 0 aliphatic carbocycles. The van der Waals surface area contributed by atoms with Crippen LogP contribution in [0.3, 0.4) is 0 Å². The van der Waals surface area contributed by atoms with E-state index in [-0.39, 0.29) is 5.91 Å². The van der Waals surface area contributed by atoms with Gasteiger partial charge in [0, 0.05) is 18.7 Å². The van der Waals surface area contributed by atoms with Gasteiger partial charge >= 0.3 is 0 Å². The Kier molecular flexibility index (Phi) is 4.70. The monoisotopic (exact) mass is 335 g/mol. The number of amides is 1. The zero-order valence-electron chi connectivity index (χ0n) is 14.5. The van der Waals surface area contributed by atoms with Crippen molar-refractivity contribution in [2.24, 2.45) is 5.92 Å². The molecule has 1 atom stereocenters. The third-order valence-corrected chi connectivity index (χ3v) is 5.30. The minimum Gasteiger partial charge on any atom is -0.339 e. The third kappa shape index (κ3) is 3.54. The number of nitrogens with zero attached hydrogens (tertiary/aromatic N) is 1. The molecule has 2 heterocycles. The number of carbonyl (C=O) groups excluding carboxylic acids is 1. The van der Waals surface area contributed by atoms with Crippen molar-refractivity contribution in [3.63, 3.8) is 0 Å². The second-order valence-electron chi connectivity index (χ2n) is 6.99. The van der Waals surface area contributed by atoms with E-state index in [9.17, 15) is 4.79 Å². The van der Waals surface area contributed by atoms with Gasteiger partial charge in [0.25, 0.3) is 0 Å². The molecule has 0 radical (unpaired) electrons. The number of hydrogen-bond acceptors (Lipinski definition) is 3. The summed E-state index contributed by atoms with van der Waals surface area (Å²) in [4.78, 5) is 14.7. The van der Waals surface area contributed by atoms with E-state index in [0.29, 0.717) is 12.3 Å². The highest BCUT2D eigenvalue weighted by atomic mass is 16.1. The molecule has 4 heteroatoms. The molecule has 2 N–H and O–H groups in total. The average Bonchev–Trinajstić information content (AvgIpc) is 3.30. The van der Waals surface area contributed by atoms with Crippen LogP contribution < -0.4 is 15.5 Å². The van der Waals surface area contributed by atoms with Crippen LogP contribution in [-0.4, -0.2) is 25.5 Å². The maximum absolute atomic E-state index is 12.4. The molecule has 0 bridgehead atoms. The Balaban J connectivity index is 1.47. The lowest BCUT2D eigenvalue weighted by Crippen LogP contribution is -2.19. The van der Waals surface area contributed by atoms with Gasteiger partial charge < -0.3 is 15.5 Å². The van der Waals surface area contributed by atoms with Gasteiger partial charge in [-0.05, 0) is 62.0 Å². The Bertz CT molecular complexity index is 752. The number of anilines is 3. The van der Waals surface area contributed by atoms with Crippen LogP contribution in [-0.2, 0) is 11.2 Å². The molecule has 4 rings (SSSR count). The summed E-state index contributed by atoms with van der Waals surface area (Å²) in [6.07, 6.45) is 3.80. The molecule has 130 valence electrons. The number of nitrogens with one attached hydrogen (secondary N) is 2. The number of rotatable bonds is 5. The average molecular weight is 335 g/mol. The highest BCUT2D eigenvalue weighted by molar-refractivity contribution is 5.95. The van der Waals surface area contributed by atoms with Crippen LogP contribution in [0, 0.1) is 5.92 Å². The van der Waals surface area contributed by atoms with Crippen molar-refractivity contribution in [3.05, 3.63) is 54.1 Å². The maximum atomic E-state index is 12.4. The largest absolute Gasteiger partial charge is 0.339 e. The van der Waals surface area contributed by atoms with Gasteiger partial charge in [0.05, 0.1) is 11.4 Å². The molecule has 0 spiro atoms. The van der Waals surface area contributed by atoms with Gasteiger partial charge in [-0.2, -0.15) is 0 Å². The van der Waals surface area contributed by atoms with Gasteiger partial charge in [0.1, 0.15) is 0 Å². The number of para-hydroxylation sites is 3. The quantitative estimate of drug-likeness (QED) is 0.875. The first kappa shape index (κ1) is 16.2. The fourth-order valence-electron chi connectivity index (χ4n) is 3.91. The van der Waals surface area contributed by atoms with Crippen molar-refractivity contribution in [3.8, 4) is 0 Å². The van der Waals surface area contributed by atoms with E-state index in [2.05, 4.69) is 45.9 Å². The minimum atomic E-state index is 0.117. The van der Waals surface area contributed by atoms with E-state index in [0.717, 1.165) is 43.9 Å². The second kappa shape index (κ2) is 7.28. The Hall–Kier alpha value is -2.33. The summed E-state index contributed by atoms with van der Waals surface area (Å²) in [5.74, 6) is 0.762. The molecule has 25 heavy (non-hydrogen) atoms. The molecule has 1 fully saturated rings. The lowest BCUT2D eigenvalue weighted by molar-refractivity contribution is -0.116. The zero-order chi connectivity index (χ0) is 17.1. The van der Waals surface area contributed by atoms with Crippen molar-refractivity contribution >= 4 is 23.0 Å².